The maximum atomic E-state index is 14.7. The largest absolute Gasteiger partial charge is 0.461 e. The maximum Gasteiger partial charge on any atom is 0.461 e. The van der Waals surface area contributed by atoms with Crippen LogP contribution < -0.4 is 10.1 Å². The molecular weight excluding hydrogens is 491 g/mol. The fourth-order valence-electron chi connectivity index (χ4n) is 3.78. The molecule has 0 radical (unpaired) electrons. The highest BCUT2D eigenvalue weighted by Gasteiger charge is 2.45. The van der Waals surface area contributed by atoms with Crippen LogP contribution in [0.25, 0.3) is 0 Å². The van der Waals surface area contributed by atoms with Gasteiger partial charge in [0.1, 0.15) is 17.1 Å². The van der Waals surface area contributed by atoms with Crippen molar-refractivity contribution in [1.82, 2.24) is 10.3 Å². The lowest BCUT2D eigenvalue weighted by molar-refractivity contribution is -0.253. The van der Waals surface area contributed by atoms with Crippen LogP contribution in [0.15, 0.2) is 66.9 Å². The van der Waals surface area contributed by atoms with Crippen molar-refractivity contribution in [3.63, 3.8) is 0 Å². The fraction of sp³-hybridized carbons (Fsp3) is 0.280. The Labute approximate surface area is 203 Å². The third-order valence-electron chi connectivity index (χ3n) is 5.63. The Morgan fingerprint density at radius 1 is 1.11 bits per heavy atom. The smallest absolute Gasteiger partial charge is 0.428 e. The van der Waals surface area contributed by atoms with E-state index in [9.17, 15) is 26.7 Å². The average molecular weight is 511 g/mol. The van der Waals surface area contributed by atoms with E-state index in [1.54, 1.807) is 30.3 Å². The number of halogens is 6. The molecule has 0 spiro atoms. The zero-order valence-electron chi connectivity index (χ0n) is 18.2. The van der Waals surface area contributed by atoms with E-state index >= 15 is 0 Å². The summed E-state index contributed by atoms with van der Waals surface area (Å²) in [6, 6.07) is 14.5. The average Bonchev–Trinajstić information content (AvgIpc) is 3.64. The summed E-state index contributed by atoms with van der Waals surface area (Å²) in [4.78, 5) is 17.3. The molecule has 3 aromatic rings. The van der Waals surface area contributed by atoms with Gasteiger partial charge in [0.05, 0.1) is 10.7 Å². The van der Waals surface area contributed by atoms with E-state index in [1.165, 1.54) is 18.3 Å². The van der Waals surface area contributed by atoms with Crippen LogP contribution >= 0.6 is 11.6 Å². The predicted molar refractivity (Wildman–Crippen MR) is 119 cm³/mol. The van der Waals surface area contributed by atoms with E-state index < -0.39 is 29.6 Å². The van der Waals surface area contributed by atoms with Crippen LogP contribution in [0.3, 0.4) is 0 Å². The summed E-state index contributed by atoms with van der Waals surface area (Å²) < 4.78 is 71.6. The second kappa shape index (κ2) is 9.81. The molecule has 1 aliphatic carbocycles. The molecule has 1 saturated carbocycles. The van der Waals surface area contributed by atoms with E-state index in [2.05, 4.69) is 15.0 Å². The number of nitrogens with one attached hydrogen (secondary N) is 1. The van der Waals surface area contributed by atoms with Crippen LogP contribution in [0.4, 0.5) is 22.0 Å². The maximum absolute atomic E-state index is 14.7. The van der Waals surface area contributed by atoms with Gasteiger partial charge in [-0.25, -0.2) is 4.39 Å². The van der Waals surface area contributed by atoms with Gasteiger partial charge >= 0.3 is 12.5 Å². The van der Waals surface area contributed by atoms with Gasteiger partial charge in [0.25, 0.3) is 0 Å². The molecule has 1 heterocycles. The molecule has 1 amide bonds. The Balaban J connectivity index is 1.90. The molecular formula is C25H20ClF5N2O2. The molecule has 184 valence electrons. The van der Waals surface area contributed by atoms with E-state index in [-0.39, 0.29) is 29.5 Å². The highest BCUT2D eigenvalue weighted by Crippen LogP contribution is 2.39. The molecule has 0 aliphatic heterocycles. The molecule has 4 rings (SSSR count). The fourth-order valence-corrected chi connectivity index (χ4v) is 3.89. The van der Waals surface area contributed by atoms with Gasteiger partial charge in [-0.3, -0.25) is 9.78 Å². The number of nitrogens with zero attached hydrogens (tertiary/aromatic N) is 1. The quantitative estimate of drug-likeness (QED) is 0.353. The molecule has 4 nitrogen and oxygen atoms in total. The monoisotopic (exact) mass is 510 g/mol. The van der Waals surface area contributed by atoms with E-state index in [1.807, 2.05) is 0 Å². The third kappa shape index (κ3) is 5.73. The summed E-state index contributed by atoms with van der Waals surface area (Å²) in [5.74, 6) is -2.43. The molecule has 1 fully saturated rings. The molecule has 0 bridgehead atoms. The zero-order valence-corrected chi connectivity index (χ0v) is 18.9. The first-order chi connectivity index (χ1) is 16.6. The van der Waals surface area contributed by atoms with E-state index in [0.29, 0.717) is 29.5 Å². The molecule has 35 heavy (non-hydrogen) atoms. The Morgan fingerprint density at radius 2 is 1.83 bits per heavy atom. The Morgan fingerprint density at radius 3 is 2.43 bits per heavy atom. The molecule has 1 aliphatic rings. The van der Waals surface area contributed by atoms with Crippen molar-refractivity contribution < 1.29 is 31.5 Å². The van der Waals surface area contributed by atoms with Gasteiger partial charge in [-0.1, -0.05) is 41.9 Å². The Hall–Kier alpha value is -3.20. The lowest BCUT2D eigenvalue weighted by atomic mass is 9.80. The van der Waals surface area contributed by atoms with Crippen molar-refractivity contribution in [2.45, 2.75) is 37.3 Å². The molecule has 2 aromatic carbocycles. The predicted octanol–water partition coefficient (Wildman–Crippen LogP) is 6.12. The van der Waals surface area contributed by atoms with Crippen LogP contribution in [-0.2, 0) is 16.8 Å². The van der Waals surface area contributed by atoms with E-state index in [0.717, 1.165) is 12.1 Å². The van der Waals surface area contributed by atoms with Crippen molar-refractivity contribution in [3.05, 3.63) is 94.5 Å². The van der Waals surface area contributed by atoms with Crippen LogP contribution in [0.5, 0.6) is 5.75 Å². The number of hydrogen-bond donors (Lipinski definition) is 1. The molecule has 1 aromatic heterocycles. The van der Waals surface area contributed by atoms with Crippen LogP contribution in [0.2, 0.25) is 5.02 Å². The first-order valence-electron chi connectivity index (χ1n) is 10.7. The van der Waals surface area contributed by atoms with Gasteiger partial charge in [0.2, 0.25) is 5.91 Å². The topological polar surface area (TPSA) is 51.2 Å². The summed E-state index contributed by atoms with van der Waals surface area (Å²) in [5.41, 5.74) is -0.599. The number of ether oxygens (including phenoxy) is 1. The second-order valence-electron chi connectivity index (χ2n) is 8.33. The van der Waals surface area contributed by atoms with Gasteiger partial charge in [0.15, 0.2) is 0 Å². The van der Waals surface area contributed by atoms with Crippen LogP contribution in [0.1, 0.15) is 29.7 Å². The number of carbonyl (C=O) groups is 1. The van der Waals surface area contributed by atoms with Crippen molar-refractivity contribution in [1.29, 1.82) is 0 Å². The van der Waals surface area contributed by atoms with Gasteiger partial charge < -0.3 is 10.1 Å². The number of benzene rings is 2. The number of carbonyl (C=O) groups excluding carboxylic acids is 1. The van der Waals surface area contributed by atoms with Gasteiger partial charge in [-0.2, -0.15) is 17.6 Å². The lowest BCUT2D eigenvalue weighted by Gasteiger charge is -2.36. The second-order valence-corrected chi connectivity index (χ2v) is 8.77. The number of alkyl halides is 4. The highest BCUT2D eigenvalue weighted by atomic mass is 35.5. The summed E-state index contributed by atoms with van der Waals surface area (Å²) in [7, 11) is 0. The normalized spacial score (nSPS) is 15.5. The zero-order chi connectivity index (χ0) is 25.2. The van der Waals surface area contributed by atoms with Crippen molar-refractivity contribution in [3.8, 4) is 5.75 Å². The van der Waals surface area contributed by atoms with Crippen molar-refractivity contribution in [2.75, 3.05) is 0 Å². The number of pyridine rings is 1. The lowest BCUT2D eigenvalue weighted by Crippen LogP contribution is -2.49. The minimum Gasteiger partial charge on any atom is -0.428 e. The molecule has 0 saturated heterocycles. The van der Waals surface area contributed by atoms with Gasteiger partial charge in [0, 0.05) is 24.6 Å². The Kier molecular flexibility index (Phi) is 6.98. The molecule has 1 atom stereocenters. The standard InChI is InChI=1S/C25H20ClF5N2O2/c26-18-8-9-21(32-14-18)24(33-22(34)16-6-7-16,13-15-4-2-1-3-5-15)17-10-19(27)12-20(11-17)35-25(30,31)23(28)29/h1-5,8-12,14,16,23H,6-7,13H2,(H,33,34). The summed E-state index contributed by atoms with van der Waals surface area (Å²) in [6.07, 6.45) is -6.26. The number of aromatic nitrogens is 1. The highest BCUT2D eigenvalue weighted by molar-refractivity contribution is 6.30. The number of hydrogen-bond acceptors (Lipinski definition) is 3. The third-order valence-corrected chi connectivity index (χ3v) is 5.86. The summed E-state index contributed by atoms with van der Waals surface area (Å²) in [6.45, 7) is 0. The number of rotatable bonds is 9. The van der Waals surface area contributed by atoms with Crippen LogP contribution in [-0.4, -0.2) is 23.4 Å². The SMILES string of the molecule is O=C(NC(Cc1ccccc1)(c1cc(F)cc(OC(F)(F)C(F)F)c1)c1ccc(Cl)cn1)C1CC1. The first-order valence-corrected chi connectivity index (χ1v) is 11.1. The first kappa shape index (κ1) is 24.9. The van der Waals surface area contributed by atoms with E-state index in [4.69, 9.17) is 11.6 Å². The Bertz CT molecular complexity index is 1190. The molecule has 1 unspecified atom stereocenters. The molecule has 1 N–H and O–H groups in total. The minimum atomic E-state index is -4.84. The van der Waals surface area contributed by atoms with Crippen molar-refractivity contribution >= 4 is 17.5 Å². The minimum absolute atomic E-state index is 0.00904. The van der Waals surface area contributed by atoms with Gasteiger partial charge in [-0.15, -0.1) is 0 Å². The van der Waals surface area contributed by atoms with Crippen molar-refractivity contribution in [2.24, 2.45) is 5.92 Å². The summed E-state index contributed by atoms with van der Waals surface area (Å²) in [5, 5.41) is 3.23. The summed E-state index contributed by atoms with van der Waals surface area (Å²) >= 11 is 6.00. The van der Waals surface area contributed by atoms with Gasteiger partial charge in [-0.05, 0) is 48.2 Å². The molecule has 10 heteroatoms. The van der Waals surface area contributed by atoms with Crippen LogP contribution in [0, 0.1) is 11.7 Å². The number of amides is 1.